The normalized spacial score (nSPS) is 15.0. The number of aromatic amines is 1. The fourth-order valence-corrected chi connectivity index (χ4v) is 6.02. The first-order valence-corrected chi connectivity index (χ1v) is 14.8. The van der Waals surface area contributed by atoms with Crippen molar-refractivity contribution in [3.63, 3.8) is 0 Å². The maximum absolute atomic E-state index is 15.2. The number of piperidine rings is 1. The molecule has 0 saturated carbocycles. The molecule has 7 nitrogen and oxygen atoms in total. The predicted molar refractivity (Wildman–Crippen MR) is 165 cm³/mol. The van der Waals surface area contributed by atoms with Gasteiger partial charge in [-0.2, -0.15) is 13.2 Å². The number of nitrogens with zero attached hydrogens (tertiary/aromatic N) is 2. The molecule has 3 N–H and O–H groups in total. The van der Waals surface area contributed by atoms with Crippen molar-refractivity contribution in [1.82, 2.24) is 14.9 Å². The molecule has 1 aromatic heterocycles. The molecular weight excluding hydrogens is 626 g/mol. The number of likely N-dealkylation sites (tertiary alicyclic amines) is 1. The lowest BCUT2D eigenvalue weighted by molar-refractivity contribution is -0.148. The van der Waals surface area contributed by atoms with Crippen molar-refractivity contribution in [2.24, 2.45) is 0 Å². The molecule has 1 saturated heterocycles. The van der Waals surface area contributed by atoms with E-state index in [1.807, 2.05) is 12.1 Å². The minimum Gasteiger partial charge on any atom is -0.481 e. The van der Waals surface area contributed by atoms with Crippen LogP contribution in [0.5, 0.6) is 11.5 Å². The predicted octanol–water partition coefficient (Wildman–Crippen LogP) is 7.93. The molecule has 3 aromatic carbocycles. The van der Waals surface area contributed by atoms with Crippen molar-refractivity contribution in [3.8, 4) is 22.9 Å². The Labute approximate surface area is 266 Å². The van der Waals surface area contributed by atoms with E-state index in [4.69, 9.17) is 9.84 Å². The van der Waals surface area contributed by atoms with Crippen LogP contribution in [-0.2, 0) is 16.6 Å². The Hall–Kier alpha value is -4.78. The molecule has 1 aliphatic rings. The SMILES string of the molecule is C=Cc1c(NC)cc(F)c(Oc2ccc(F)c(-c3ncc(C4(c5cccc(CCC(=O)O)c5)CCN(CC(F)(F)F)CC4)[nH]3)c2)c1F. The standard InChI is InChI=1S/C34H32F6N4O3/c1-3-23-27(41-2)17-26(36)31(30(23)37)47-22-8-9-25(35)24(16-22)32-42-18-28(43-32)33(11-13-44(14-12-33)19-34(38,39)40)21-6-4-5-20(15-21)7-10-29(45)46/h3-6,8-9,15-18,41H,1,7,10-14,19H2,2H3,(H,42,43)(H,45,46). The number of hydrogen-bond acceptors (Lipinski definition) is 5. The average molecular weight is 659 g/mol. The average Bonchev–Trinajstić information content (AvgIpc) is 3.53. The van der Waals surface area contributed by atoms with Gasteiger partial charge in [0, 0.05) is 48.1 Å². The van der Waals surface area contributed by atoms with Crippen LogP contribution < -0.4 is 10.1 Å². The molecule has 47 heavy (non-hydrogen) atoms. The van der Waals surface area contributed by atoms with Crippen molar-refractivity contribution < 1.29 is 41.0 Å². The summed E-state index contributed by atoms with van der Waals surface area (Å²) in [5, 5.41) is 11.8. The summed E-state index contributed by atoms with van der Waals surface area (Å²) in [6.45, 7) is 2.73. The van der Waals surface area contributed by atoms with Gasteiger partial charge in [0.25, 0.3) is 0 Å². The third-order valence-corrected chi connectivity index (χ3v) is 8.41. The van der Waals surface area contributed by atoms with Gasteiger partial charge in [-0.15, -0.1) is 0 Å². The highest BCUT2D eigenvalue weighted by Gasteiger charge is 2.42. The molecule has 248 valence electrons. The number of carboxylic acid groups (broad SMARTS) is 1. The van der Waals surface area contributed by atoms with Crippen LogP contribution in [0.3, 0.4) is 0 Å². The van der Waals surface area contributed by atoms with E-state index in [1.54, 1.807) is 12.1 Å². The number of aromatic nitrogens is 2. The molecule has 0 amide bonds. The van der Waals surface area contributed by atoms with E-state index in [1.165, 1.54) is 36.4 Å². The van der Waals surface area contributed by atoms with Crippen molar-refractivity contribution in [2.75, 3.05) is 32.0 Å². The van der Waals surface area contributed by atoms with Gasteiger partial charge >= 0.3 is 12.1 Å². The third-order valence-electron chi connectivity index (χ3n) is 8.41. The van der Waals surface area contributed by atoms with E-state index in [-0.39, 0.29) is 67.2 Å². The highest BCUT2D eigenvalue weighted by Crippen LogP contribution is 2.43. The number of imidazole rings is 1. The van der Waals surface area contributed by atoms with Gasteiger partial charge in [0.1, 0.15) is 17.4 Å². The van der Waals surface area contributed by atoms with Crippen LogP contribution >= 0.6 is 0 Å². The molecular formula is C34H32F6N4O3. The lowest BCUT2D eigenvalue weighted by Gasteiger charge is -2.42. The maximum Gasteiger partial charge on any atom is 0.401 e. The summed E-state index contributed by atoms with van der Waals surface area (Å²) in [4.78, 5) is 20.0. The number of anilines is 1. The van der Waals surface area contributed by atoms with E-state index >= 15 is 8.78 Å². The Morgan fingerprint density at radius 3 is 2.53 bits per heavy atom. The number of carboxylic acids is 1. The fraction of sp³-hybridized carbons (Fsp3) is 0.294. The van der Waals surface area contributed by atoms with Crippen LogP contribution in [0.2, 0.25) is 0 Å². The molecule has 0 unspecified atom stereocenters. The molecule has 2 heterocycles. The van der Waals surface area contributed by atoms with Gasteiger partial charge in [-0.25, -0.2) is 18.2 Å². The molecule has 0 radical (unpaired) electrons. The Morgan fingerprint density at radius 2 is 1.87 bits per heavy atom. The molecule has 0 aliphatic carbocycles. The Balaban J connectivity index is 1.50. The van der Waals surface area contributed by atoms with Crippen molar-refractivity contribution in [1.29, 1.82) is 0 Å². The molecule has 0 spiro atoms. The molecule has 13 heteroatoms. The maximum atomic E-state index is 15.2. The molecule has 5 rings (SSSR count). The van der Waals surface area contributed by atoms with Crippen LogP contribution in [0.25, 0.3) is 17.5 Å². The number of hydrogen-bond donors (Lipinski definition) is 3. The zero-order chi connectivity index (χ0) is 33.9. The third kappa shape index (κ3) is 7.30. The quantitative estimate of drug-likeness (QED) is 0.142. The van der Waals surface area contributed by atoms with Gasteiger partial charge in [-0.1, -0.05) is 36.9 Å². The van der Waals surface area contributed by atoms with Gasteiger partial charge in [-0.3, -0.25) is 9.69 Å². The second-order valence-electron chi connectivity index (χ2n) is 11.4. The molecule has 4 aromatic rings. The number of ether oxygens (including phenoxy) is 1. The van der Waals surface area contributed by atoms with Crippen LogP contribution in [0.4, 0.5) is 32.0 Å². The number of nitrogens with one attached hydrogen (secondary N) is 2. The number of carbonyl (C=O) groups is 1. The van der Waals surface area contributed by atoms with E-state index in [9.17, 15) is 22.4 Å². The highest BCUT2D eigenvalue weighted by molar-refractivity contribution is 5.69. The number of rotatable bonds is 11. The first kappa shape index (κ1) is 33.6. The van der Waals surface area contributed by atoms with E-state index < -0.39 is 47.3 Å². The number of aryl methyl sites for hydroxylation is 1. The highest BCUT2D eigenvalue weighted by atomic mass is 19.4. The number of H-pyrrole nitrogens is 1. The molecule has 1 fully saturated rings. The Bertz CT molecular complexity index is 1780. The first-order chi connectivity index (χ1) is 22.3. The van der Waals surface area contributed by atoms with Crippen LogP contribution in [-0.4, -0.2) is 58.8 Å². The van der Waals surface area contributed by atoms with Gasteiger partial charge in [0.15, 0.2) is 17.4 Å². The van der Waals surface area contributed by atoms with E-state index in [0.29, 0.717) is 5.69 Å². The summed E-state index contributed by atoms with van der Waals surface area (Å²) in [5.41, 5.74) is 1.27. The van der Waals surface area contributed by atoms with Crippen molar-refractivity contribution in [2.45, 2.75) is 37.3 Å². The van der Waals surface area contributed by atoms with Crippen LogP contribution in [0.15, 0.2) is 61.3 Å². The summed E-state index contributed by atoms with van der Waals surface area (Å²) >= 11 is 0. The fourth-order valence-electron chi connectivity index (χ4n) is 6.02. The van der Waals surface area contributed by atoms with Gasteiger partial charge in [-0.05, 0) is 61.7 Å². The number of benzene rings is 3. The minimum atomic E-state index is -4.36. The number of aliphatic carboxylic acids is 1. The summed E-state index contributed by atoms with van der Waals surface area (Å²) in [6.07, 6.45) is -0.951. The smallest absolute Gasteiger partial charge is 0.401 e. The van der Waals surface area contributed by atoms with E-state index in [0.717, 1.165) is 23.3 Å². The monoisotopic (exact) mass is 658 g/mol. The first-order valence-electron chi connectivity index (χ1n) is 14.8. The molecule has 0 bridgehead atoms. The Morgan fingerprint density at radius 1 is 1.13 bits per heavy atom. The second kappa shape index (κ2) is 13.5. The zero-order valence-electron chi connectivity index (χ0n) is 25.4. The van der Waals surface area contributed by atoms with Gasteiger partial charge in [0.05, 0.1) is 12.1 Å². The number of alkyl halides is 3. The van der Waals surface area contributed by atoms with Crippen molar-refractivity contribution in [3.05, 3.63) is 101 Å². The van der Waals surface area contributed by atoms with Gasteiger partial charge in [0.2, 0.25) is 0 Å². The summed E-state index contributed by atoms with van der Waals surface area (Å²) in [5.74, 6) is -4.37. The summed E-state index contributed by atoms with van der Waals surface area (Å²) < 4.78 is 90.3. The zero-order valence-corrected chi connectivity index (χ0v) is 25.4. The van der Waals surface area contributed by atoms with Gasteiger partial charge < -0.3 is 20.1 Å². The molecule has 1 aliphatic heterocycles. The van der Waals surface area contributed by atoms with E-state index in [2.05, 4.69) is 21.9 Å². The lowest BCUT2D eigenvalue weighted by atomic mass is 9.70. The Kier molecular flexibility index (Phi) is 9.66. The van der Waals surface area contributed by atoms with Crippen molar-refractivity contribution >= 4 is 17.7 Å². The largest absolute Gasteiger partial charge is 0.481 e. The van der Waals surface area contributed by atoms with Crippen LogP contribution in [0, 0.1) is 17.5 Å². The summed E-state index contributed by atoms with van der Waals surface area (Å²) in [7, 11) is 1.50. The number of halogens is 6. The van der Waals surface area contributed by atoms with Crippen LogP contribution in [0.1, 0.15) is 41.6 Å². The topological polar surface area (TPSA) is 90.5 Å². The molecule has 0 atom stereocenters. The second-order valence-corrected chi connectivity index (χ2v) is 11.4. The minimum absolute atomic E-state index is 0.0134. The summed E-state index contributed by atoms with van der Waals surface area (Å²) in [6, 6.07) is 11.8. The lowest BCUT2D eigenvalue weighted by Crippen LogP contribution is -2.46.